The van der Waals surface area contributed by atoms with Gasteiger partial charge in [-0.25, -0.2) is 0 Å². The summed E-state index contributed by atoms with van der Waals surface area (Å²) in [5.41, 5.74) is 5.54. The third-order valence-corrected chi connectivity index (χ3v) is 2.12. The summed E-state index contributed by atoms with van der Waals surface area (Å²) in [6.45, 7) is 9.90. The van der Waals surface area contributed by atoms with Crippen molar-refractivity contribution in [3.05, 3.63) is 18.0 Å². The molecule has 1 heterocycles. The summed E-state index contributed by atoms with van der Waals surface area (Å²) in [4.78, 5) is 0. The number of ether oxygens (including phenoxy) is 1. The van der Waals surface area contributed by atoms with E-state index in [2.05, 4.69) is 10.2 Å². The molecule has 6 nitrogen and oxygen atoms in total. The van der Waals surface area contributed by atoms with Gasteiger partial charge in [0.2, 0.25) is 5.95 Å². The normalized spacial score (nSPS) is 11.9. The molecule has 4 N–H and O–H groups in total. The van der Waals surface area contributed by atoms with Gasteiger partial charge in [-0.15, -0.1) is 10.2 Å². The minimum Gasteiger partial charge on any atom is -0.412 e. The van der Waals surface area contributed by atoms with Crippen molar-refractivity contribution in [1.82, 2.24) is 14.8 Å². The van der Waals surface area contributed by atoms with E-state index in [0.29, 0.717) is 5.95 Å². The van der Waals surface area contributed by atoms with Crippen molar-refractivity contribution in [2.24, 2.45) is 7.05 Å². The number of nitrogen functional groups attached to an aromatic ring is 1. The van der Waals surface area contributed by atoms with E-state index in [4.69, 9.17) is 10.5 Å². The summed E-state index contributed by atoms with van der Waals surface area (Å²) in [6, 6.07) is 0. The highest BCUT2D eigenvalue weighted by atomic mass is 16.5. The van der Waals surface area contributed by atoms with Gasteiger partial charge in [-0.2, -0.15) is 0 Å². The molecule has 0 aromatic carbocycles. The van der Waals surface area contributed by atoms with Crippen LogP contribution in [-0.4, -0.2) is 26.3 Å². The van der Waals surface area contributed by atoms with Gasteiger partial charge in [0.1, 0.15) is 6.10 Å². The summed E-state index contributed by atoms with van der Waals surface area (Å²) in [7, 11) is 1.82. The van der Waals surface area contributed by atoms with Gasteiger partial charge in [0, 0.05) is 8.47 Å². The van der Waals surface area contributed by atoms with Gasteiger partial charge < -0.3 is 15.9 Å². The fraction of sp³-hybridized carbons (Fsp3) is 0.667. The molecular formula is C12H28N4O2. The Labute approximate surface area is 111 Å². The number of hydrogen-bond donors (Lipinski definition) is 1. The van der Waals surface area contributed by atoms with Crippen molar-refractivity contribution < 1.29 is 11.6 Å². The molecule has 0 bridgehead atoms. The molecule has 0 aliphatic rings. The van der Waals surface area contributed by atoms with E-state index < -0.39 is 0 Å². The van der Waals surface area contributed by atoms with Crippen LogP contribution in [0.4, 0.5) is 5.95 Å². The molecule has 0 saturated carbocycles. The Morgan fingerprint density at radius 2 is 1.72 bits per heavy atom. The SMILES string of the molecule is C/C=C/C.CC(C)O[C@@H](C)c1nnc(N)n1C.O.[HH]. The van der Waals surface area contributed by atoms with Gasteiger partial charge >= 0.3 is 0 Å². The molecule has 1 aromatic heterocycles. The molecule has 0 saturated heterocycles. The fourth-order valence-corrected chi connectivity index (χ4v) is 1.18. The summed E-state index contributed by atoms with van der Waals surface area (Å²) >= 11 is 0. The van der Waals surface area contributed by atoms with Crippen molar-refractivity contribution in [2.45, 2.75) is 46.8 Å². The molecule has 1 aromatic rings. The summed E-state index contributed by atoms with van der Waals surface area (Å²) in [6.07, 6.45) is 4.10. The van der Waals surface area contributed by atoms with E-state index in [1.165, 1.54) is 0 Å². The first-order chi connectivity index (χ1) is 7.93. The maximum Gasteiger partial charge on any atom is 0.221 e. The van der Waals surface area contributed by atoms with Crippen LogP contribution in [0, 0.1) is 0 Å². The first-order valence-corrected chi connectivity index (χ1v) is 5.81. The van der Waals surface area contributed by atoms with Gasteiger partial charge in [0.25, 0.3) is 0 Å². The van der Waals surface area contributed by atoms with Crippen LogP contribution in [-0.2, 0) is 11.8 Å². The van der Waals surface area contributed by atoms with E-state index in [0.717, 1.165) is 5.82 Å². The number of rotatable bonds is 3. The number of hydrogen-bond acceptors (Lipinski definition) is 4. The number of aromatic nitrogens is 3. The zero-order chi connectivity index (χ0) is 13.4. The van der Waals surface area contributed by atoms with Crippen LogP contribution in [0.5, 0.6) is 0 Å². The van der Waals surface area contributed by atoms with Gasteiger partial charge in [-0.05, 0) is 34.6 Å². The highest BCUT2D eigenvalue weighted by Crippen LogP contribution is 2.16. The van der Waals surface area contributed by atoms with Crippen LogP contribution in [0.2, 0.25) is 0 Å². The highest BCUT2D eigenvalue weighted by molar-refractivity contribution is 5.17. The second kappa shape index (κ2) is 9.61. The van der Waals surface area contributed by atoms with Crippen molar-refractivity contribution in [3.63, 3.8) is 0 Å². The van der Waals surface area contributed by atoms with Crippen molar-refractivity contribution in [1.29, 1.82) is 0 Å². The van der Waals surface area contributed by atoms with E-state index in [-0.39, 0.29) is 19.1 Å². The van der Waals surface area contributed by atoms with Crippen LogP contribution in [0.3, 0.4) is 0 Å². The third kappa shape index (κ3) is 6.36. The minimum atomic E-state index is -0.0743. The lowest BCUT2D eigenvalue weighted by molar-refractivity contribution is 0.0113. The van der Waals surface area contributed by atoms with Crippen LogP contribution < -0.4 is 5.73 Å². The number of anilines is 1. The van der Waals surface area contributed by atoms with Gasteiger partial charge in [-0.3, -0.25) is 4.57 Å². The minimum absolute atomic E-state index is 0. The van der Waals surface area contributed by atoms with Crippen molar-refractivity contribution in [2.75, 3.05) is 5.73 Å². The monoisotopic (exact) mass is 260 g/mol. The largest absolute Gasteiger partial charge is 0.412 e. The molecule has 1 rings (SSSR count). The Morgan fingerprint density at radius 3 is 2.00 bits per heavy atom. The average molecular weight is 260 g/mol. The summed E-state index contributed by atoms with van der Waals surface area (Å²) < 4.78 is 7.28. The van der Waals surface area contributed by atoms with Crippen LogP contribution in [0.15, 0.2) is 12.2 Å². The van der Waals surface area contributed by atoms with Gasteiger partial charge in [-0.1, -0.05) is 12.2 Å². The Bertz CT molecular complexity index is 349. The first-order valence-electron chi connectivity index (χ1n) is 5.81. The average Bonchev–Trinajstić information content (AvgIpc) is 2.59. The molecule has 0 amide bonds. The molecule has 0 aliphatic heterocycles. The molecule has 0 spiro atoms. The molecule has 6 heteroatoms. The Kier molecular flexibility index (Phi) is 10.1. The van der Waals surface area contributed by atoms with Crippen molar-refractivity contribution >= 4 is 5.95 Å². The van der Waals surface area contributed by atoms with E-state index in [1.807, 2.05) is 53.8 Å². The van der Waals surface area contributed by atoms with E-state index in [1.54, 1.807) is 4.57 Å². The Morgan fingerprint density at radius 1 is 1.22 bits per heavy atom. The number of allylic oxidation sites excluding steroid dienone is 2. The second-order valence-electron chi connectivity index (χ2n) is 3.97. The number of nitrogens with two attached hydrogens (primary N) is 1. The summed E-state index contributed by atoms with van der Waals surface area (Å²) in [5, 5.41) is 7.69. The van der Waals surface area contributed by atoms with Gasteiger partial charge in [0.15, 0.2) is 5.82 Å². The first kappa shape index (κ1) is 19.0. The maximum atomic E-state index is 5.55. The molecule has 0 aliphatic carbocycles. The van der Waals surface area contributed by atoms with Crippen LogP contribution >= 0.6 is 0 Å². The van der Waals surface area contributed by atoms with Crippen LogP contribution in [0.25, 0.3) is 0 Å². The lowest BCUT2D eigenvalue weighted by Crippen LogP contribution is -2.12. The molecule has 0 radical (unpaired) electrons. The predicted molar refractivity (Wildman–Crippen MR) is 76.3 cm³/mol. The molecule has 0 fully saturated rings. The predicted octanol–water partition coefficient (Wildman–Crippen LogP) is 1.89. The maximum absolute atomic E-state index is 5.55. The molecule has 18 heavy (non-hydrogen) atoms. The smallest absolute Gasteiger partial charge is 0.221 e. The second-order valence-corrected chi connectivity index (χ2v) is 3.97. The van der Waals surface area contributed by atoms with E-state index in [9.17, 15) is 0 Å². The molecular weight excluding hydrogens is 232 g/mol. The molecule has 108 valence electrons. The topological polar surface area (TPSA) is 97.5 Å². The lowest BCUT2D eigenvalue weighted by atomic mass is 10.3. The molecule has 1 atom stereocenters. The highest BCUT2D eigenvalue weighted by Gasteiger charge is 2.15. The van der Waals surface area contributed by atoms with Crippen molar-refractivity contribution in [3.8, 4) is 0 Å². The zero-order valence-electron chi connectivity index (χ0n) is 12.1. The standard InChI is InChI=1S/C8H16N4O.C4H8.H2O.H2/c1-5(2)13-6(3)7-10-11-8(9)12(7)4;1-3-4-2;;/h5-6H,1-4H3,(H2,9,11);3-4H,1-2H3;1H2;1H/b;4-3+;;/t6-;;;/m0.../s1. The fourth-order valence-electron chi connectivity index (χ4n) is 1.18. The third-order valence-electron chi connectivity index (χ3n) is 2.12. The van der Waals surface area contributed by atoms with Gasteiger partial charge in [0.05, 0.1) is 6.10 Å². The number of nitrogens with zero attached hydrogens (tertiary/aromatic N) is 3. The Hall–Kier alpha value is -1.40. The summed E-state index contributed by atoms with van der Waals surface area (Å²) in [5.74, 6) is 1.17. The Balaban J connectivity index is -0.000000379. The van der Waals surface area contributed by atoms with Crippen LogP contribution in [0.1, 0.15) is 48.0 Å². The zero-order valence-corrected chi connectivity index (χ0v) is 12.1. The molecule has 0 unspecified atom stereocenters. The quantitative estimate of drug-likeness (QED) is 0.839. The van der Waals surface area contributed by atoms with E-state index >= 15 is 0 Å². The lowest BCUT2D eigenvalue weighted by Gasteiger charge is -2.14.